The lowest BCUT2D eigenvalue weighted by atomic mass is 10.1. The number of fused-ring (bicyclic) bond motifs is 2. The van der Waals surface area contributed by atoms with Crippen molar-refractivity contribution >= 4 is 11.6 Å². The second-order valence-corrected chi connectivity index (χ2v) is 5.95. The molecule has 0 saturated carbocycles. The first-order valence-corrected chi connectivity index (χ1v) is 7.78. The predicted octanol–water partition coefficient (Wildman–Crippen LogP) is 3.31. The summed E-state index contributed by atoms with van der Waals surface area (Å²) in [5.74, 6) is -0.621. The highest BCUT2D eigenvalue weighted by atomic mass is 19.1. The third-order valence-electron chi connectivity index (χ3n) is 4.43. The van der Waals surface area contributed by atoms with Crippen LogP contribution in [0, 0.1) is 5.82 Å². The molecule has 1 amide bonds. The molecule has 1 aliphatic rings. The van der Waals surface area contributed by atoms with E-state index in [0.29, 0.717) is 12.1 Å². The number of amides is 1. The van der Waals surface area contributed by atoms with Gasteiger partial charge in [0.1, 0.15) is 5.82 Å². The summed E-state index contributed by atoms with van der Waals surface area (Å²) in [7, 11) is 1.91. The summed E-state index contributed by atoms with van der Waals surface area (Å²) in [5.41, 5.74) is 4.38. The standard InChI is InChI=1S/C19H16FN3O/c1-22-18-10-13-5-2-3-8-17(13)23(12-15(18)11-21-22)19(24)14-6-4-7-16(20)9-14/h2-9,11H,10,12H2,1H3. The Bertz CT molecular complexity index is 932. The molecule has 0 N–H and O–H groups in total. The number of aromatic nitrogens is 2. The lowest BCUT2D eigenvalue weighted by molar-refractivity contribution is 0.0984. The van der Waals surface area contributed by atoms with Crippen molar-refractivity contribution in [2.24, 2.45) is 7.05 Å². The molecule has 24 heavy (non-hydrogen) atoms. The van der Waals surface area contributed by atoms with Crippen molar-refractivity contribution in [1.82, 2.24) is 9.78 Å². The van der Waals surface area contributed by atoms with Crippen LogP contribution in [-0.4, -0.2) is 15.7 Å². The zero-order chi connectivity index (χ0) is 16.7. The summed E-state index contributed by atoms with van der Waals surface area (Å²) >= 11 is 0. The molecule has 3 aromatic rings. The van der Waals surface area contributed by atoms with E-state index in [2.05, 4.69) is 5.10 Å². The molecule has 0 fully saturated rings. The monoisotopic (exact) mass is 321 g/mol. The second kappa shape index (κ2) is 5.60. The Morgan fingerprint density at radius 1 is 1.12 bits per heavy atom. The van der Waals surface area contributed by atoms with Gasteiger partial charge in [-0.25, -0.2) is 4.39 Å². The first-order valence-electron chi connectivity index (χ1n) is 7.78. The van der Waals surface area contributed by atoms with Crippen molar-refractivity contribution in [3.05, 3.63) is 82.9 Å². The smallest absolute Gasteiger partial charge is 0.258 e. The number of carbonyl (C=O) groups excluding carboxylic acids is 1. The number of hydrogen-bond acceptors (Lipinski definition) is 2. The van der Waals surface area contributed by atoms with Gasteiger partial charge in [-0.05, 0) is 29.8 Å². The fourth-order valence-electron chi connectivity index (χ4n) is 3.19. The number of para-hydroxylation sites is 1. The van der Waals surface area contributed by atoms with E-state index in [1.54, 1.807) is 23.2 Å². The van der Waals surface area contributed by atoms with E-state index < -0.39 is 5.82 Å². The highest BCUT2D eigenvalue weighted by Crippen LogP contribution is 2.31. The van der Waals surface area contributed by atoms with Gasteiger partial charge < -0.3 is 4.90 Å². The largest absolute Gasteiger partial charge is 0.304 e. The van der Waals surface area contributed by atoms with Crippen LogP contribution in [0.2, 0.25) is 0 Å². The van der Waals surface area contributed by atoms with E-state index in [4.69, 9.17) is 0 Å². The van der Waals surface area contributed by atoms with E-state index in [-0.39, 0.29) is 5.91 Å². The van der Waals surface area contributed by atoms with E-state index >= 15 is 0 Å². The zero-order valence-electron chi connectivity index (χ0n) is 13.2. The fraction of sp³-hybridized carbons (Fsp3) is 0.158. The summed E-state index contributed by atoms with van der Waals surface area (Å²) < 4.78 is 15.4. The van der Waals surface area contributed by atoms with Gasteiger partial charge in [0.05, 0.1) is 12.7 Å². The molecule has 0 bridgehead atoms. The number of aryl methyl sites for hydroxylation is 1. The van der Waals surface area contributed by atoms with Crippen molar-refractivity contribution < 1.29 is 9.18 Å². The van der Waals surface area contributed by atoms with Gasteiger partial charge in [-0.2, -0.15) is 5.10 Å². The Labute approximate surface area is 139 Å². The molecule has 0 spiro atoms. The first-order chi connectivity index (χ1) is 11.6. The Balaban J connectivity index is 1.83. The van der Waals surface area contributed by atoms with Crippen molar-refractivity contribution in [2.45, 2.75) is 13.0 Å². The summed E-state index contributed by atoms with van der Waals surface area (Å²) in [5, 5.41) is 4.31. The molecule has 1 aromatic heterocycles. The Morgan fingerprint density at radius 2 is 1.96 bits per heavy atom. The Kier molecular flexibility index (Phi) is 3.41. The van der Waals surface area contributed by atoms with E-state index in [1.165, 1.54) is 12.1 Å². The van der Waals surface area contributed by atoms with Crippen molar-refractivity contribution in [1.29, 1.82) is 0 Å². The van der Waals surface area contributed by atoms with Gasteiger partial charge in [-0.1, -0.05) is 24.3 Å². The molecule has 4 nitrogen and oxygen atoms in total. The average Bonchev–Trinajstić information content (AvgIpc) is 2.84. The van der Waals surface area contributed by atoms with Crippen molar-refractivity contribution in [3.8, 4) is 0 Å². The van der Waals surface area contributed by atoms with Crippen LogP contribution in [0.1, 0.15) is 27.2 Å². The fourth-order valence-corrected chi connectivity index (χ4v) is 3.19. The molecule has 0 aliphatic carbocycles. The number of nitrogens with zero attached hydrogens (tertiary/aromatic N) is 3. The van der Waals surface area contributed by atoms with E-state index in [0.717, 1.165) is 28.9 Å². The van der Waals surface area contributed by atoms with Crippen LogP contribution in [0.25, 0.3) is 0 Å². The minimum Gasteiger partial charge on any atom is -0.304 e. The van der Waals surface area contributed by atoms with Gasteiger partial charge in [0.15, 0.2) is 0 Å². The average molecular weight is 321 g/mol. The zero-order valence-corrected chi connectivity index (χ0v) is 13.2. The van der Waals surface area contributed by atoms with Gasteiger partial charge in [0, 0.05) is 36.0 Å². The quantitative estimate of drug-likeness (QED) is 0.690. The lowest BCUT2D eigenvalue weighted by Crippen LogP contribution is -2.30. The molecular weight excluding hydrogens is 305 g/mol. The molecule has 0 radical (unpaired) electrons. The highest BCUT2D eigenvalue weighted by Gasteiger charge is 2.26. The number of rotatable bonds is 1. The third-order valence-corrected chi connectivity index (χ3v) is 4.43. The minimum atomic E-state index is -0.411. The van der Waals surface area contributed by atoms with Crippen LogP contribution in [0.3, 0.4) is 0 Å². The summed E-state index contributed by atoms with van der Waals surface area (Å²) in [4.78, 5) is 14.7. The molecule has 2 aromatic carbocycles. The van der Waals surface area contributed by atoms with Gasteiger partial charge in [0.25, 0.3) is 5.91 Å². The maximum atomic E-state index is 13.5. The maximum absolute atomic E-state index is 13.5. The molecule has 1 aliphatic heterocycles. The molecule has 0 atom stereocenters. The third kappa shape index (κ3) is 2.38. The van der Waals surface area contributed by atoms with Crippen LogP contribution in [0.5, 0.6) is 0 Å². The van der Waals surface area contributed by atoms with Gasteiger partial charge in [-0.3, -0.25) is 9.48 Å². The number of anilines is 1. The topological polar surface area (TPSA) is 38.1 Å². The highest BCUT2D eigenvalue weighted by molar-refractivity contribution is 6.06. The lowest BCUT2D eigenvalue weighted by Gasteiger charge is -2.23. The molecule has 120 valence electrons. The van der Waals surface area contributed by atoms with Gasteiger partial charge in [0.2, 0.25) is 0 Å². The minimum absolute atomic E-state index is 0.210. The molecule has 0 unspecified atom stereocenters. The second-order valence-electron chi connectivity index (χ2n) is 5.95. The SMILES string of the molecule is Cn1ncc2c1Cc1ccccc1N(C(=O)c1cccc(F)c1)C2. The summed E-state index contributed by atoms with van der Waals surface area (Å²) in [6.45, 7) is 0.426. The Morgan fingerprint density at radius 3 is 2.79 bits per heavy atom. The van der Waals surface area contributed by atoms with Gasteiger partial charge in [-0.15, -0.1) is 0 Å². The molecular formula is C19H16FN3O. The van der Waals surface area contributed by atoms with Crippen LogP contribution < -0.4 is 4.90 Å². The molecule has 0 saturated heterocycles. The normalized spacial score (nSPS) is 13.2. The van der Waals surface area contributed by atoms with Gasteiger partial charge >= 0.3 is 0 Å². The molecule has 4 rings (SSSR count). The number of hydrogen-bond donors (Lipinski definition) is 0. The molecule has 2 heterocycles. The van der Waals surface area contributed by atoms with Crippen LogP contribution >= 0.6 is 0 Å². The first kappa shape index (κ1) is 14.6. The Hall–Kier alpha value is -2.95. The summed E-state index contributed by atoms with van der Waals surface area (Å²) in [6, 6.07) is 13.6. The van der Waals surface area contributed by atoms with Crippen LogP contribution in [0.4, 0.5) is 10.1 Å². The van der Waals surface area contributed by atoms with Crippen LogP contribution in [-0.2, 0) is 20.0 Å². The number of halogens is 1. The van der Waals surface area contributed by atoms with Crippen molar-refractivity contribution in [3.63, 3.8) is 0 Å². The number of carbonyl (C=O) groups is 1. The number of benzene rings is 2. The van der Waals surface area contributed by atoms with Crippen molar-refractivity contribution in [2.75, 3.05) is 4.90 Å². The van der Waals surface area contributed by atoms with Crippen LogP contribution in [0.15, 0.2) is 54.7 Å². The maximum Gasteiger partial charge on any atom is 0.258 e. The predicted molar refractivity (Wildman–Crippen MR) is 89.4 cm³/mol. The van der Waals surface area contributed by atoms with E-state index in [9.17, 15) is 9.18 Å². The molecule has 5 heteroatoms. The summed E-state index contributed by atoms with van der Waals surface area (Å²) in [6.07, 6.45) is 2.52. The van der Waals surface area contributed by atoms with E-state index in [1.807, 2.05) is 36.0 Å².